The van der Waals surface area contributed by atoms with E-state index >= 15 is 0 Å². The van der Waals surface area contributed by atoms with Gasteiger partial charge in [-0.05, 0) is 50.8 Å². The Bertz CT molecular complexity index is 527. The van der Waals surface area contributed by atoms with Crippen LogP contribution in [0.3, 0.4) is 0 Å². The molecule has 1 aromatic heterocycles. The summed E-state index contributed by atoms with van der Waals surface area (Å²) in [5.74, 6) is 1.86. The van der Waals surface area contributed by atoms with E-state index in [4.69, 9.17) is 4.42 Å². The third-order valence-corrected chi connectivity index (χ3v) is 3.68. The molecular formula is C17H25NO. The number of nitrogens with one attached hydrogen (secondary N) is 1. The Morgan fingerprint density at radius 3 is 2.58 bits per heavy atom. The van der Waals surface area contributed by atoms with Gasteiger partial charge >= 0.3 is 0 Å². The summed E-state index contributed by atoms with van der Waals surface area (Å²) in [5, 5.41) is 4.79. The topological polar surface area (TPSA) is 25.2 Å². The Labute approximate surface area is 116 Å². The van der Waals surface area contributed by atoms with Crippen LogP contribution in [0.15, 0.2) is 28.7 Å². The molecule has 0 fully saturated rings. The second kappa shape index (κ2) is 6.25. The molecule has 2 heteroatoms. The highest BCUT2D eigenvalue weighted by Crippen LogP contribution is 2.29. The maximum atomic E-state index is 5.98. The highest BCUT2D eigenvalue weighted by molar-refractivity contribution is 5.82. The van der Waals surface area contributed by atoms with Gasteiger partial charge in [0.2, 0.25) is 0 Å². The van der Waals surface area contributed by atoms with E-state index in [1.165, 1.54) is 23.8 Å². The first-order valence-electron chi connectivity index (χ1n) is 7.31. The van der Waals surface area contributed by atoms with Crippen molar-refractivity contribution in [3.63, 3.8) is 0 Å². The average Bonchev–Trinajstić information content (AvgIpc) is 2.72. The zero-order valence-corrected chi connectivity index (χ0v) is 12.5. The van der Waals surface area contributed by atoms with Crippen molar-refractivity contribution in [3.05, 3.63) is 35.6 Å². The first-order chi connectivity index (χ1) is 9.09. The summed E-state index contributed by atoms with van der Waals surface area (Å²) >= 11 is 0. The fourth-order valence-corrected chi connectivity index (χ4v) is 2.53. The van der Waals surface area contributed by atoms with E-state index in [2.05, 4.69) is 45.1 Å². The lowest BCUT2D eigenvalue weighted by Gasteiger charge is -2.13. The van der Waals surface area contributed by atoms with E-state index < -0.39 is 0 Å². The molecule has 1 aromatic carbocycles. The second-order valence-electron chi connectivity index (χ2n) is 5.80. The lowest BCUT2D eigenvalue weighted by atomic mass is 10.1. The van der Waals surface area contributed by atoms with Gasteiger partial charge in [0.05, 0.1) is 6.04 Å². The van der Waals surface area contributed by atoms with Gasteiger partial charge in [0, 0.05) is 5.39 Å². The van der Waals surface area contributed by atoms with Crippen molar-refractivity contribution in [2.45, 2.75) is 46.6 Å². The van der Waals surface area contributed by atoms with Crippen LogP contribution in [-0.2, 0) is 0 Å². The van der Waals surface area contributed by atoms with Crippen molar-refractivity contribution in [2.24, 2.45) is 5.92 Å². The maximum Gasteiger partial charge on any atom is 0.134 e. The summed E-state index contributed by atoms with van der Waals surface area (Å²) in [6.07, 6.45) is 2.50. The van der Waals surface area contributed by atoms with Gasteiger partial charge in [-0.1, -0.05) is 32.0 Å². The molecule has 0 saturated heterocycles. The number of furan rings is 1. The van der Waals surface area contributed by atoms with Gasteiger partial charge in [0.25, 0.3) is 0 Å². The minimum Gasteiger partial charge on any atom is -0.459 e. The van der Waals surface area contributed by atoms with Crippen LogP contribution >= 0.6 is 0 Å². The summed E-state index contributed by atoms with van der Waals surface area (Å²) in [6.45, 7) is 9.92. The molecule has 104 valence electrons. The smallest absolute Gasteiger partial charge is 0.134 e. The summed E-state index contributed by atoms with van der Waals surface area (Å²) < 4.78 is 5.98. The predicted octanol–water partition coefficient (Wildman–Crippen LogP) is 4.83. The number of para-hydroxylation sites is 1. The number of rotatable bonds is 6. The van der Waals surface area contributed by atoms with Crippen molar-refractivity contribution < 1.29 is 4.42 Å². The third-order valence-electron chi connectivity index (χ3n) is 3.68. The molecule has 1 unspecified atom stereocenters. The number of hydrogen-bond acceptors (Lipinski definition) is 2. The summed E-state index contributed by atoms with van der Waals surface area (Å²) in [6, 6.07) is 8.53. The summed E-state index contributed by atoms with van der Waals surface area (Å²) in [4.78, 5) is 0. The molecule has 0 saturated carbocycles. The van der Waals surface area contributed by atoms with Crippen LogP contribution in [0.4, 0.5) is 0 Å². The molecule has 0 amide bonds. The number of benzene rings is 1. The molecule has 1 heterocycles. The van der Waals surface area contributed by atoms with Crippen molar-refractivity contribution in [1.82, 2.24) is 5.32 Å². The van der Waals surface area contributed by atoms with Gasteiger partial charge in [-0.25, -0.2) is 0 Å². The predicted molar refractivity (Wildman–Crippen MR) is 81.4 cm³/mol. The molecule has 2 aromatic rings. The third kappa shape index (κ3) is 3.38. The normalized spacial score (nSPS) is 13.3. The van der Waals surface area contributed by atoms with Crippen LogP contribution in [0.1, 0.15) is 51.0 Å². The van der Waals surface area contributed by atoms with Crippen LogP contribution in [0.5, 0.6) is 0 Å². The molecular weight excluding hydrogens is 234 g/mol. The average molecular weight is 259 g/mol. The lowest BCUT2D eigenvalue weighted by Crippen LogP contribution is -2.20. The van der Waals surface area contributed by atoms with E-state index in [1.54, 1.807) is 0 Å². The highest BCUT2D eigenvalue weighted by atomic mass is 16.3. The monoisotopic (exact) mass is 259 g/mol. The lowest BCUT2D eigenvalue weighted by molar-refractivity contribution is 0.433. The standard InChI is InChI=1S/C17H25NO/c1-12(2)8-7-11-18-14(4)17-13(3)15-9-5-6-10-16(15)19-17/h5-6,9-10,12,14,18H,7-8,11H2,1-4H3. The number of aryl methyl sites for hydroxylation is 1. The van der Waals surface area contributed by atoms with Crippen molar-refractivity contribution in [2.75, 3.05) is 6.54 Å². The van der Waals surface area contributed by atoms with E-state index in [1.807, 2.05) is 12.1 Å². The molecule has 0 spiro atoms. The quantitative estimate of drug-likeness (QED) is 0.752. The molecule has 19 heavy (non-hydrogen) atoms. The van der Waals surface area contributed by atoms with Gasteiger partial charge in [-0.3, -0.25) is 0 Å². The first kappa shape index (κ1) is 14.1. The fourth-order valence-electron chi connectivity index (χ4n) is 2.53. The fraction of sp³-hybridized carbons (Fsp3) is 0.529. The number of hydrogen-bond donors (Lipinski definition) is 1. The van der Waals surface area contributed by atoms with Gasteiger partial charge in [-0.15, -0.1) is 0 Å². The molecule has 0 radical (unpaired) electrons. The van der Waals surface area contributed by atoms with E-state index in [-0.39, 0.29) is 6.04 Å². The molecule has 0 aliphatic rings. The minimum absolute atomic E-state index is 0.277. The van der Waals surface area contributed by atoms with Gasteiger partial charge in [0.15, 0.2) is 0 Å². The minimum atomic E-state index is 0.277. The molecule has 1 atom stereocenters. The van der Waals surface area contributed by atoms with Gasteiger partial charge < -0.3 is 9.73 Å². The van der Waals surface area contributed by atoms with Gasteiger partial charge in [0.1, 0.15) is 11.3 Å². The molecule has 0 aliphatic carbocycles. The zero-order valence-electron chi connectivity index (χ0n) is 12.5. The zero-order chi connectivity index (χ0) is 13.8. The molecule has 0 aliphatic heterocycles. The maximum absolute atomic E-state index is 5.98. The Morgan fingerprint density at radius 2 is 1.89 bits per heavy atom. The van der Waals surface area contributed by atoms with E-state index in [0.717, 1.165) is 23.8 Å². The van der Waals surface area contributed by atoms with Crippen LogP contribution in [0.25, 0.3) is 11.0 Å². The Morgan fingerprint density at radius 1 is 1.16 bits per heavy atom. The number of fused-ring (bicyclic) bond motifs is 1. The molecule has 1 N–H and O–H groups in total. The molecule has 0 bridgehead atoms. The van der Waals surface area contributed by atoms with Crippen molar-refractivity contribution in [1.29, 1.82) is 0 Å². The largest absolute Gasteiger partial charge is 0.459 e. The van der Waals surface area contributed by atoms with Crippen LogP contribution < -0.4 is 5.32 Å². The Kier molecular flexibility index (Phi) is 4.65. The SMILES string of the molecule is Cc1c(C(C)NCCCC(C)C)oc2ccccc12. The molecule has 2 nitrogen and oxygen atoms in total. The van der Waals surface area contributed by atoms with E-state index in [9.17, 15) is 0 Å². The van der Waals surface area contributed by atoms with Crippen LogP contribution in [0, 0.1) is 12.8 Å². The first-order valence-corrected chi connectivity index (χ1v) is 7.31. The summed E-state index contributed by atoms with van der Waals surface area (Å²) in [5.41, 5.74) is 2.25. The van der Waals surface area contributed by atoms with Crippen LogP contribution in [0.2, 0.25) is 0 Å². The van der Waals surface area contributed by atoms with Crippen molar-refractivity contribution in [3.8, 4) is 0 Å². The molecule has 2 rings (SSSR count). The second-order valence-corrected chi connectivity index (χ2v) is 5.80. The van der Waals surface area contributed by atoms with Gasteiger partial charge in [-0.2, -0.15) is 0 Å². The van der Waals surface area contributed by atoms with Crippen molar-refractivity contribution >= 4 is 11.0 Å². The summed E-state index contributed by atoms with van der Waals surface area (Å²) in [7, 11) is 0. The van der Waals surface area contributed by atoms with Crippen LogP contribution in [-0.4, -0.2) is 6.54 Å². The Balaban J connectivity index is 2.01. The highest BCUT2D eigenvalue weighted by Gasteiger charge is 2.15. The van der Waals surface area contributed by atoms with E-state index in [0.29, 0.717) is 0 Å². The Hall–Kier alpha value is -1.28.